The summed E-state index contributed by atoms with van der Waals surface area (Å²) in [4.78, 5) is 1.23. The highest BCUT2D eigenvalue weighted by Gasteiger charge is 2.29. The Morgan fingerprint density at radius 2 is 2.15 bits per heavy atom. The zero-order valence-corrected chi connectivity index (χ0v) is 13.7. The molecule has 1 aliphatic rings. The first-order chi connectivity index (χ1) is 9.34. The maximum atomic E-state index is 12.5. The summed E-state index contributed by atoms with van der Waals surface area (Å²) >= 11 is 1.47. The summed E-state index contributed by atoms with van der Waals surface area (Å²) in [6.45, 7) is 4.56. The highest BCUT2D eigenvalue weighted by atomic mass is 32.2. The molecule has 1 aromatic heterocycles. The van der Waals surface area contributed by atoms with Gasteiger partial charge in [-0.1, -0.05) is 0 Å². The molecule has 7 heteroatoms. The molecule has 20 heavy (non-hydrogen) atoms. The van der Waals surface area contributed by atoms with Crippen LogP contribution in [0.5, 0.6) is 0 Å². The molecule has 0 aliphatic heterocycles. The van der Waals surface area contributed by atoms with Crippen LogP contribution in [0.4, 0.5) is 0 Å². The van der Waals surface area contributed by atoms with E-state index in [2.05, 4.69) is 10.0 Å². The Bertz CT molecular complexity index is 548. The summed E-state index contributed by atoms with van der Waals surface area (Å²) < 4.78 is 32.7. The van der Waals surface area contributed by atoms with Crippen LogP contribution < -0.4 is 10.0 Å². The smallest absolute Gasteiger partial charge is 0.242 e. The van der Waals surface area contributed by atoms with Gasteiger partial charge in [-0.3, -0.25) is 0 Å². The fourth-order valence-electron chi connectivity index (χ4n) is 2.03. The molecule has 5 nitrogen and oxygen atoms in total. The second-order valence-electron chi connectivity index (χ2n) is 5.79. The van der Waals surface area contributed by atoms with Gasteiger partial charge in [-0.25, -0.2) is 13.1 Å². The van der Waals surface area contributed by atoms with Crippen LogP contribution in [0.2, 0.25) is 0 Å². The van der Waals surface area contributed by atoms with E-state index in [0.717, 1.165) is 4.88 Å². The van der Waals surface area contributed by atoms with Gasteiger partial charge in [0.25, 0.3) is 0 Å². The molecule has 0 saturated heterocycles. The number of methoxy groups -OCH3 is 1. The van der Waals surface area contributed by atoms with Crippen molar-refractivity contribution in [2.45, 2.75) is 49.7 Å². The zero-order valence-electron chi connectivity index (χ0n) is 12.1. The van der Waals surface area contributed by atoms with E-state index < -0.39 is 15.6 Å². The number of ether oxygens (including phenoxy) is 1. The van der Waals surface area contributed by atoms with Crippen LogP contribution in [0.25, 0.3) is 0 Å². The average Bonchev–Trinajstić information content (AvgIpc) is 3.01. The minimum atomic E-state index is -3.51. The highest BCUT2D eigenvalue weighted by Crippen LogP contribution is 2.25. The van der Waals surface area contributed by atoms with Gasteiger partial charge in [-0.15, -0.1) is 11.3 Å². The molecular formula is C13H22N2O3S2. The third-order valence-corrected chi connectivity index (χ3v) is 5.87. The Kier molecular flexibility index (Phi) is 4.86. The molecule has 0 radical (unpaired) electrons. The minimum Gasteiger partial charge on any atom is -0.383 e. The van der Waals surface area contributed by atoms with Crippen LogP contribution in [0.1, 0.15) is 31.6 Å². The first-order valence-corrected chi connectivity index (χ1v) is 9.03. The molecule has 1 aliphatic carbocycles. The molecule has 1 fully saturated rings. The van der Waals surface area contributed by atoms with E-state index in [1.54, 1.807) is 13.2 Å². The Balaban J connectivity index is 2.10. The molecule has 2 rings (SSSR count). The van der Waals surface area contributed by atoms with Crippen molar-refractivity contribution in [1.29, 1.82) is 0 Å². The predicted molar refractivity (Wildman–Crippen MR) is 80.5 cm³/mol. The molecule has 1 saturated carbocycles. The second kappa shape index (κ2) is 6.11. The van der Waals surface area contributed by atoms with E-state index in [1.165, 1.54) is 24.2 Å². The Morgan fingerprint density at radius 1 is 1.45 bits per heavy atom. The molecule has 1 aromatic rings. The van der Waals surface area contributed by atoms with Gasteiger partial charge in [-0.2, -0.15) is 0 Å². The first kappa shape index (κ1) is 15.9. The summed E-state index contributed by atoms with van der Waals surface area (Å²) in [6, 6.07) is 2.23. The third-order valence-electron chi connectivity index (χ3n) is 3.04. The summed E-state index contributed by atoms with van der Waals surface area (Å²) in [5.74, 6) is 0. The largest absolute Gasteiger partial charge is 0.383 e. The topological polar surface area (TPSA) is 67.4 Å². The van der Waals surface area contributed by atoms with Crippen molar-refractivity contribution in [3.05, 3.63) is 16.3 Å². The van der Waals surface area contributed by atoms with Crippen molar-refractivity contribution in [1.82, 2.24) is 10.0 Å². The monoisotopic (exact) mass is 318 g/mol. The SMILES string of the molecule is COCC(C)(C)NS(=O)(=O)c1ccsc1CNC1CC1. The van der Waals surface area contributed by atoms with Crippen molar-refractivity contribution >= 4 is 21.4 Å². The fourth-order valence-corrected chi connectivity index (χ4v) is 4.83. The van der Waals surface area contributed by atoms with E-state index in [0.29, 0.717) is 24.1 Å². The number of rotatable bonds is 8. The molecule has 0 amide bonds. The molecule has 0 aromatic carbocycles. The maximum absolute atomic E-state index is 12.5. The van der Waals surface area contributed by atoms with Crippen molar-refractivity contribution in [2.24, 2.45) is 0 Å². The van der Waals surface area contributed by atoms with Gasteiger partial charge < -0.3 is 10.1 Å². The quantitative estimate of drug-likeness (QED) is 0.765. The van der Waals surface area contributed by atoms with Crippen molar-refractivity contribution in [2.75, 3.05) is 13.7 Å². The number of nitrogens with one attached hydrogen (secondary N) is 2. The Hall–Kier alpha value is -0.470. The average molecular weight is 318 g/mol. The summed E-state index contributed by atoms with van der Waals surface area (Å²) in [6.07, 6.45) is 2.37. The summed E-state index contributed by atoms with van der Waals surface area (Å²) in [5, 5.41) is 5.17. The lowest BCUT2D eigenvalue weighted by Gasteiger charge is -2.25. The van der Waals surface area contributed by atoms with Crippen molar-refractivity contribution in [3.63, 3.8) is 0 Å². The van der Waals surface area contributed by atoms with E-state index in [4.69, 9.17) is 4.74 Å². The number of thiophene rings is 1. The van der Waals surface area contributed by atoms with Crippen LogP contribution in [0, 0.1) is 0 Å². The van der Waals surface area contributed by atoms with Crippen molar-refractivity contribution in [3.8, 4) is 0 Å². The van der Waals surface area contributed by atoms with Gasteiger partial charge in [-0.05, 0) is 38.1 Å². The number of hydrogen-bond donors (Lipinski definition) is 2. The van der Waals surface area contributed by atoms with Gasteiger partial charge in [0.05, 0.1) is 17.0 Å². The first-order valence-electron chi connectivity index (χ1n) is 6.67. The van der Waals surface area contributed by atoms with E-state index >= 15 is 0 Å². The van der Waals surface area contributed by atoms with Crippen molar-refractivity contribution < 1.29 is 13.2 Å². The van der Waals surface area contributed by atoms with Crippen LogP contribution in [-0.2, 0) is 21.3 Å². The molecule has 114 valence electrons. The predicted octanol–water partition coefficient (Wildman–Crippen LogP) is 1.70. The molecule has 0 unspecified atom stereocenters. The highest BCUT2D eigenvalue weighted by molar-refractivity contribution is 7.89. The molecule has 0 bridgehead atoms. The van der Waals surface area contributed by atoms with Gasteiger partial charge >= 0.3 is 0 Å². The van der Waals surface area contributed by atoms with E-state index in [9.17, 15) is 8.42 Å². The lowest BCUT2D eigenvalue weighted by molar-refractivity contribution is 0.141. The Labute approximate surface area is 124 Å². The van der Waals surface area contributed by atoms with Gasteiger partial charge in [0, 0.05) is 24.6 Å². The van der Waals surface area contributed by atoms with Crippen LogP contribution in [0.15, 0.2) is 16.3 Å². The van der Waals surface area contributed by atoms with E-state index in [1.807, 2.05) is 19.2 Å². The molecular weight excluding hydrogens is 296 g/mol. The third kappa shape index (κ3) is 4.26. The number of hydrogen-bond acceptors (Lipinski definition) is 5. The molecule has 0 spiro atoms. The summed E-state index contributed by atoms with van der Waals surface area (Å²) in [7, 11) is -1.95. The van der Waals surface area contributed by atoms with Crippen LogP contribution in [0.3, 0.4) is 0 Å². The van der Waals surface area contributed by atoms with Gasteiger partial charge in [0.2, 0.25) is 10.0 Å². The van der Waals surface area contributed by atoms with Crippen LogP contribution >= 0.6 is 11.3 Å². The summed E-state index contributed by atoms with van der Waals surface area (Å²) in [5.41, 5.74) is -0.628. The number of sulfonamides is 1. The zero-order chi connectivity index (χ0) is 14.8. The lowest BCUT2D eigenvalue weighted by Crippen LogP contribution is -2.46. The van der Waals surface area contributed by atoms with E-state index in [-0.39, 0.29) is 0 Å². The molecule has 0 atom stereocenters. The fraction of sp³-hybridized carbons (Fsp3) is 0.692. The minimum absolute atomic E-state index is 0.325. The molecule has 1 heterocycles. The van der Waals surface area contributed by atoms with Gasteiger partial charge in [0.15, 0.2) is 0 Å². The normalized spacial score (nSPS) is 16.6. The maximum Gasteiger partial charge on any atom is 0.242 e. The molecule has 2 N–H and O–H groups in total. The van der Waals surface area contributed by atoms with Gasteiger partial charge in [0.1, 0.15) is 0 Å². The standard InChI is InChI=1S/C13H22N2O3S2/c1-13(2,9-18-3)15-20(16,17)12-6-7-19-11(12)8-14-10-4-5-10/h6-7,10,14-15H,4-5,8-9H2,1-3H3. The lowest BCUT2D eigenvalue weighted by atomic mass is 10.1. The second-order valence-corrected chi connectivity index (χ2v) is 8.44. The Morgan fingerprint density at radius 3 is 2.75 bits per heavy atom. The van der Waals surface area contributed by atoms with Crippen LogP contribution in [-0.4, -0.2) is 33.7 Å².